The Balaban J connectivity index is 1.86. The minimum Gasteiger partial charge on any atom is -0.491 e. The van der Waals surface area contributed by atoms with Gasteiger partial charge in [-0.3, -0.25) is 0 Å². The molecule has 0 bridgehead atoms. The molecule has 2 rings (SSSR count). The van der Waals surface area contributed by atoms with Gasteiger partial charge < -0.3 is 14.8 Å². The van der Waals surface area contributed by atoms with Gasteiger partial charge in [0.15, 0.2) is 0 Å². The lowest BCUT2D eigenvalue weighted by Gasteiger charge is -2.12. The van der Waals surface area contributed by atoms with Crippen molar-refractivity contribution in [2.45, 2.75) is 13.1 Å². The minimum absolute atomic E-state index is 0.212. The molecule has 21 heavy (non-hydrogen) atoms. The molecule has 0 aromatic heterocycles. The molecule has 3 nitrogen and oxygen atoms in total. The van der Waals surface area contributed by atoms with Crippen LogP contribution >= 0.6 is 0 Å². The number of hydrogen-bond acceptors (Lipinski definition) is 3. The van der Waals surface area contributed by atoms with Crippen molar-refractivity contribution >= 4 is 0 Å². The van der Waals surface area contributed by atoms with Crippen molar-refractivity contribution in [3.8, 4) is 5.75 Å². The molecule has 0 saturated carbocycles. The van der Waals surface area contributed by atoms with Crippen molar-refractivity contribution in [2.75, 3.05) is 20.3 Å². The highest BCUT2D eigenvalue weighted by atomic mass is 19.1. The van der Waals surface area contributed by atoms with Crippen LogP contribution in [0, 0.1) is 5.82 Å². The summed E-state index contributed by atoms with van der Waals surface area (Å²) >= 11 is 0. The molecule has 0 saturated heterocycles. The van der Waals surface area contributed by atoms with E-state index in [1.54, 1.807) is 19.2 Å². The highest BCUT2D eigenvalue weighted by Crippen LogP contribution is 2.17. The molecule has 0 amide bonds. The molecular weight excluding hydrogens is 269 g/mol. The zero-order valence-electron chi connectivity index (χ0n) is 12.1. The van der Waals surface area contributed by atoms with Crippen molar-refractivity contribution in [1.82, 2.24) is 5.32 Å². The summed E-state index contributed by atoms with van der Waals surface area (Å²) in [6.07, 6.45) is 0. The number of ether oxygens (including phenoxy) is 2. The molecular formula is C17H20FNO2. The smallest absolute Gasteiger partial charge is 0.123 e. The first kappa shape index (κ1) is 15.5. The Morgan fingerprint density at radius 2 is 1.71 bits per heavy atom. The second kappa shape index (κ2) is 8.39. The van der Waals surface area contributed by atoms with E-state index in [2.05, 4.69) is 5.32 Å². The Kier molecular flexibility index (Phi) is 6.19. The monoisotopic (exact) mass is 289 g/mol. The van der Waals surface area contributed by atoms with Gasteiger partial charge in [0.1, 0.15) is 18.2 Å². The predicted octanol–water partition coefficient (Wildman–Crippen LogP) is 3.14. The van der Waals surface area contributed by atoms with Crippen LogP contribution in [-0.4, -0.2) is 20.3 Å². The van der Waals surface area contributed by atoms with E-state index in [0.29, 0.717) is 26.3 Å². The zero-order chi connectivity index (χ0) is 14.9. The maximum absolute atomic E-state index is 12.8. The highest BCUT2D eigenvalue weighted by Gasteiger charge is 2.02. The second-order valence-electron chi connectivity index (χ2n) is 4.68. The third-order valence-corrected chi connectivity index (χ3v) is 3.08. The van der Waals surface area contributed by atoms with E-state index < -0.39 is 0 Å². The molecule has 0 aliphatic heterocycles. The van der Waals surface area contributed by atoms with Gasteiger partial charge in [-0.2, -0.15) is 0 Å². The topological polar surface area (TPSA) is 30.5 Å². The van der Waals surface area contributed by atoms with Crippen molar-refractivity contribution in [1.29, 1.82) is 0 Å². The Labute approximate surface area is 124 Å². The van der Waals surface area contributed by atoms with Crippen LogP contribution in [0.2, 0.25) is 0 Å². The van der Waals surface area contributed by atoms with Gasteiger partial charge in [-0.15, -0.1) is 0 Å². The van der Waals surface area contributed by atoms with Gasteiger partial charge in [0.25, 0.3) is 0 Å². The maximum Gasteiger partial charge on any atom is 0.123 e. The first-order valence-corrected chi connectivity index (χ1v) is 6.94. The van der Waals surface area contributed by atoms with E-state index in [9.17, 15) is 4.39 Å². The summed E-state index contributed by atoms with van der Waals surface area (Å²) < 4.78 is 23.5. The van der Waals surface area contributed by atoms with Crippen LogP contribution in [0.4, 0.5) is 4.39 Å². The summed E-state index contributed by atoms with van der Waals surface area (Å²) in [6, 6.07) is 14.4. The molecule has 2 aromatic rings. The lowest BCUT2D eigenvalue weighted by Crippen LogP contribution is -2.14. The van der Waals surface area contributed by atoms with Gasteiger partial charge in [-0.1, -0.05) is 30.3 Å². The van der Waals surface area contributed by atoms with Crippen LogP contribution in [0.25, 0.3) is 0 Å². The zero-order valence-corrected chi connectivity index (χ0v) is 12.1. The predicted molar refractivity (Wildman–Crippen MR) is 80.8 cm³/mol. The first-order valence-electron chi connectivity index (χ1n) is 6.94. The molecule has 0 aliphatic rings. The van der Waals surface area contributed by atoms with Gasteiger partial charge >= 0.3 is 0 Å². The Morgan fingerprint density at radius 3 is 2.48 bits per heavy atom. The average molecular weight is 289 g/mol. The lowest BCUT2D eigenvalue weighted by molar-refractivity contribution is 0.145. The molecule has 0 atom stereocenters. The number of methoxy groups -OCH3 is 1. The molecule has 1 N–H and O–H groups in total. The molecule has 112 valence electrons. The van der Waals surface area contributed by atoms with Gasteiger partial charge in [-0.25, -0.2) is 4.39 Å². The quantitative estimate of drug-likeness (QED) is 0.757. The summed E-state index contributed by atoms with van der Waals surface area (Å²) in [5.41, 5.74) is 2.14. The fourth-order valence-electron chi connectivity index (χ4n) is 1.97. The van der Waals surface area contributed by atoms with Crippen LogP contribution in [0.15, 0.2) is 48.5 Å². The van der Waals surface area contributed by atoms with E-state index in [-0.39, 0.29) is 5.82 Å². The van der Waals surface area contributed by atoms with Crippen molar-refractivity contribution in [3.05, 3.63) is 65.5 Å². The minimum atomic E-state index is -0.212. The number of nitrogens with one attached hydrogen (secondary N) is 1. The third-order valence-electron chi connectivity index (χ3n) is 3.08. The SMILES string of the molecule is COCCOc1ccccc1CNCc1ccc(F)cc1. The molecule has 0 fully saturated rings. The van der Waals surface area contributed by atoms with Gasteiger partial charge in [0.05, 0.1) is 6.61 Å². The Bertz CT molecular complexity index is 543. The maximum atomic E-state index is 12.8. The summed E-state index contributed by atoms with van der Waals surface area (Å²) in [5, 5.41) is 3.33. The van der Waals surface area contributed by atoms with Crippen LogP contribution < -0.4 is 10.1 Å². The molecule has 4 heteroatoms. The van der Waals surface area contributed by atoms with Crippen molar-refractivity contribution in [3.63, 3.8) is 0 Å². The standard InChI is InChI=1S/C17H20FNO2/c1-20-10-11-21-17-5-3-2-4-15(17)13-19-12-14-6-8-16(18)9-7-14/h2-9,19H,10-13H2,1H3. The molecule has 0 radical (unpaired) electrons. The highest BCUT2D eigenvalue weighted by molar-refractivity contribution is 5.33. The van der Waals surface area contributed by atoms with E-state index in [0.717, 1.165) is 16.9 Å². The largest absolute Gasteiger partial charge is 0.491 e. The fourth-order valence-corrected chi connectivity index (χ4v) is 1.97. The number of benzene rings is 2. The van der Waals surface area contributed by atoms with Crippen LogP contribution in [0.3, 0.4) is 0 Å². The fraction of sp³-hybridized carbons (Fsp3) is 0.294. The van der Waals surface area contributed by atoms with E-state index >= 15 is 0 Å². The normalized spacial score (nSPS) is 10.6. The molecule has 0 heterocycles. The number of para-hydroxylation sites is 1. The van der Waals surface area contributed by atoms with E-state index in [4.69, 9.17) is 9.47 Å². The number of hydrogen-bond donors (Lipinski definition) is 1. The number of rotatable bonds is 8. The van der Waals surface area contributed by atoms with Gasteiger partial charge in [-0.05, 0) is 23.8 Å². The van der Waals surface area contributed by atoms with Crippen LogP contribution in [-0.2, 0) is 17.8 Å². The Morgan fingerprint density at radius 1 is 0.952 bits per heavy atom. The molecule has 2 aromatic carbocycles. The average Bonchev–Trinajstić information content (AvgIpc) is 2.51. The van der Waals surface area contributed by atoms with E-state index in [1.165, 1.54) is 12.1 Å². The Hall–Kier alpha value is -1.91. The van der Waals surface area contributed by atoms with Gasteiger partial charge in [0.2, 0.25) is 0 Å². The van der Waals surface area contributed by atoms with Crippen LogP contribution in [0.5, 0.6) is 5.75 Å². The van der Waals surface area contributed by atoms with Crippen molar-refractivity contribution < 1.29 is 13.9 Å². The lowest BCUT2D eigenvalue weighted by atomic mass is 10.2. The summed E-state index contributed by atoms with van der Waals surface area (Å²) in [7, 11) is 1.65. The second-order valence-corrected chi connectivity index (χ2v) is 4.68. The summed E-state index contributed by atoms with van der Waals surface area (Å²) in [4.78, 5) is 0. The molecule has 0 aliphatic carbocycles. The molecule has 0 unspecified atom stereocenters. The first-order chi connectivity index (χ1) is 10.3. The number of halogens is 1. The van der Waals surface area contributed by atoms with Crippen molar-refractivity contribution in [2.24, 2.45) is 0 Å². The van der Waals surface area contributed by atoms with Gasteiger partial charge in [0, 0.05) is 25.8 Å². The summed E-state index contributed by atoms with van der Waals surface area (Å²) in [6.45, 7) is 2.48. The van der Waals surface area contributed by atoms with Crippen LogP contribution in [0.1, 0.15) is 11.1 Å². The molecule has 0 spiro atoms. The summed E-state index contributed by atoms with van der Waals surface area (Å²) in [5.74, 6) is 0.650. The van der Waals surface area contributed by atoms with E-state index in [1.807, 2.05) is 24.3 Å². The third kappa shape index (κ3) is 5.17.